The Hall–Kier alpha value is -1.74. The third kappa shape index (κ3) is 2.27. The Balaban J connectivity index is 3.11. The summed E-state index contributed by atoms with van der Waals surface area (Å²) < 4.78 is 42.9. The van der Waals surface area contributed by atoms with Crippen LogP contribution in [0.2, 0.25) is 0 Å². The molecule has 0 radical (unpaired) electrons. The second-order valence-electron chi connectivity index (χ2n) is 4.16. The molecule has 1 rings (SSSR count). The fraction of sp³-hybridized carbons (Fsp3) is 0.875. The molecule has 0 saturated carbocycles. The number of carbonyl (C=O) groups is 1. The second kappa shape index (κ2) is 4.18. The van der Waals surface area contributed by atoms with Gasteiger partial charge in [-0.25, -0.2) is 4.79 Å². The van der Waals surface area contributed by atoms with Gasteiger partial charge < -0.3 is 4.74 Å². The highest BCUT2D eigenvalue weighted by Gasteiger charge is 2.66. The molecule has 1 heterocycles. The summed E-state index contributed by atoms with van der Waals surface area (Å²) >= 11 is 0. The minimum atomic E-state index is -4.96. The number of ether oxygens (including phenoxy) is 1. The van der Waals surface area contributed by atoms with Crippen molar-refractivity contribution < 1.29 is 27.6 Å². The van der Waals surface area contributed by atoms with Crippen LogP contribution < -0.4 is 0 Å². The smallest absolute Gasteiger partial charge is 0.421 e. The van der Waals surface area contributed by atoms with Gasteiger partial charge in [-0.2, -0.15) is 23.4 Å². The number of nitro groups is 1. The van der Waals surface area contributed by atoms with Crippen molar-refractivity contribution in [1.82, 2.24) is 0 Å². The van der Waals surface area contributed by atoms with Crippen LogP contribution in [0.5, 0.6) is 0 Å². The summed E-state index contributed by atoms with van der Waals surface area (Å²) in [7, 11) is 0.990. The van der Waals surface area contributed by atoms with Gasteiger partial charge in [0.05, 0.1) is 7.11 Å². The average molecular weight is 269 g/mol. The molecule has 0 aromatic carbocycles. The van der Waals surface area contributed by atoms with E-state index in [0.717, 1.165) is 14.0 Å². The first kappa shape index (κ1) is 14.3. The topological polar surface area (TPSA) is 94.2 Å². The van der Waals surface area contributed by atoms with Crippen molar-refractivity contribution in [3.8, 4) is 0 Å². The van der Waals surface area contributed by atoms with E-state index in [-0.39, 0.29) is 0 Å². The van der Waals surface area contributed by atoms with Gasteiger partial charge in [-0.05, 0) is 6.92 Å². The molecule has 0 amide bonds. The number of rotatable bonds is 3. The van der Waals surface area contributed by atoms with Crippen molar-refractivity contribution in [2.45, 2.75) is 30.6 Å². The van der Waals surface area contributed by atoms with Crippen molar-refractivity contribution in [3.63, 3.8) is 0 Å². The SMILES string of the molecule is COC(=O)[C@]1(C)C[C@](C[N+](=O)[O-])(C(F)(F)F)N=N1. The summed E-state index contributed by atoms with van der Waals surface area (Å²) in [5.74, 6) is -1.01. The number of alkyl halides is 3. The molecule has 0 fully saturated rings. The van der Waals surface area contributed by atoms with E-state index in [1.54, 1.807) is 0 Å². The van der Waals surface area contributed by atoms with Crippen LogP contribution >= 0.6 is 0 Å². The summed E-state index contributed by atoms with van der Waals surface area (Å²) in [6, 6.07) is 0. The van der Waals surface area contributed by atoms with Gasteiger partial charge in [0, 0.05) is 11.3 Å². The molecular weight excluding hydrogens is 259 g/mol. The lowest BCUT2D eigenvalue weighted by Gasteiger charge is -2.25. The molecule has 7 nitrogen and oxygen atoms in total. The average Bonchev–Trinajstić information content (AvgIpc) is 2.56. The van der Waals surface area contributed by atoms with E-state index in [2.05, 4.69) is 15.0 Å². The molecule has 102 valence electrons. The monoisotopic (exact) mass is 269 g/mol. The van der Waals surface area contributed by atoms with Gasteiger partial charge in [0.2, 0.25) is 12.1 Å². The first-order valence-corrected chi connectivity index (χ1v) is 4.77. The van der Waals surface area contributed by atoms with Crippen LogP contribution in [-0.4, -0.2) is 41.8 Å². The van der Waals surface area contributed by atoms with Crippen LogP contribution in [0.1, 0.15) is 13.3 Å². The quantitative estimate of drug-likeness (QED) is 0.439. The van der Waals surface area contributed by atoms with Gasteiger partial charge in [0.15, 0.2) is 5.54 Å². The van der Waals surface area contributed by atoms with E-state index in [1.165, 1.54) is 0 Å². The number of esters is 1. The first-order valence-electron chi connectivity index (χ1n) is 4.77. The Kier molecular flexibility index (Phi) is 3.32. The fourth-order valence-corrected chi connectivity index (χ4v) is 1.73. The minimum absolute atomic E-state index is 0.933. The van der Waals surface area contributed by atoms with Crippen LogP contribution in [0.25, 0.3) is 0 Å². The van der Waals surface area contributed by atoms with Crippen molar-refractivity contribution in [2.24, 2.45) is 10.2 Å². The Labute approximate surface area is 99.2 Å². The van der Waals surface area contributed by atoms with E-state index in [0.29, 0.717) is 0 Å². The summed E-state index contributed by atoms with van der Waals surface area (Å²) in [5, 5.41) is 16.5. The third-order valence-electron chi connectivity index (χ3n) is 2.64. The first-order chi connectivity index (χ1) is 8.06. The zero-order valence-electron chi connectivity index (χ0n) is 9.52. The molecule has 0 saturated heterocycles. The molecule has 0 unspecified atom stereocenters. The summed E-state index contributed by atoms with van der Waals surface area (Å²) in [6.45, 7) is -0.373. The lowest BCUT2D eigenvalue weighted by molar-refractivity contribution is -0.499. The van der Waals surface area contributed by atoms with Gasteiger partial charge in [0.25, 0.3) is 0 Å². The van der Waals surface area contributed by atoms with E-state index >= 15 is 0 Å². The molecule has 0 spiro atoms. The van der Waals surface area contributed by atoms with Gasteiger partial charge in [-0.15, -0.1) is 0 Å². The molecule has 1 aliphatic heterocycles. The van der Waals surface area contributed by atoms with E-state index in [4.69, 9.17) is 0 Å². The summed E-state index contributed by atoms with van der Waals surface area (Å²) in [4.78, 5) is 20.5. The molecule has 2 atom stereocenters. The van der Waals surface area contributed by atoms with Crippen LogP contribution in [0, 0.1) is 10.1 Å². The van der Waals surface area contributed by atoms with Crippen LogP contribution in [0.3, 0.4) is 0 Å². The Bertz CT molecular complexity index is 411. The largest absolute Gasteiger partial charge is 0.467 e. The van der Waals surface area contributed by atoms with Crippen LogP contribution in [0.15, 0.2) is 10.2 Å². The highest BCUT2D eigenvalue weighted by molar-refractivity contribution is 5.81. The number of hydrogen-bond acceptors (Lipinski definition) is 6. The molecule has 0 aliphatic carbocycles. The molecule has 0 bridgehead atoms. The number of azo groups is 1. The number of methoxy groups -OCH3 is 1. The Morgan fingerprint density at radius 1 is 1.50 bits per heavy atom. The third-order valence-corrected chi connectivity index (χ3v) is 2.64. The van der Waals surface area contributed by atoms with E-state index < -0.39 is 41.1 Å². The van der Waals surface area contributed by atoms with Gasteiger partial charge >= 0.3 is 12.1 Å². The number of halogens is 3. The van der Waals surface area contributed by atoms with Crippen molar-refractivity contribution in [2.75, 3.05) is 13.7 Å². The van der Waals surface area contributed by atoms with Crippen molar-refractivity contribution in [3.05, 3.63) is 10.1 Å². The molecule has 10 heteroatoms. The Morgan fingerprint density at radius 2 is 2.06 bits per heavy atom. The summed E-state index contributed by atoms with van der Waals surface area (Å²) in [6.07, 6.45) is -5.90. The highest BCUT2D eigenvalue weighted by Crippen LogP contribution is 2.46. The molecule has 18 heavy (non-hydrogen) atoms. The van der Waals surface area contributed by atoms with E-state index in [9.17, 15) is 28.1 Å². The molecule has 0 aromatic heterocycles. The lowest BCUT2D eigenvalue weighted by atomic mass is 9.85. The molecular formula is C8H10F3N3O4. The normalized spacial score (nSPS) is 31.4. The predicted octanol–water partition coefficient (Wildman–Crippen LogP) is 1.35. The summed E-state index contributed by atoms with van der Waals surface area (Å²) in [5.41, 5.74) is -4.82. The fourth-order valence-electron chi connectivity index (χ4n) is 1.73. The van der Waals surface area contributed by atoms with Gasteiger partial charge in [-0.3, -0.25) is 10.1 Å². The van der Waals surface area contributed by atoms with Crippen molar-refractivity contribution >= 4 is 5.97 Å². The number of carbonyl (C=O) groups excluding carboxylic acids is 1. The lowest BCUT2D eigenvalue weighted by Crippen LogP contribution is -2.51. The Morgan fingerprint density at radius 3 is 2.44 bits per heavy atom. The minimum Gasteiger partial charge on any atom is -0.467 e. The molecule has 0 aromatic rings. The second-order valence-corrected chi connectivity index (χ2v) is 4.16. The number of nitrogens with zero attached hydrogens (tertiary/aromatic N) is 3. The standard InChI is InChI=1S/C8H10F3N3O4/c1-6(5(15)18-2)3-7(13-12-6,4-14(16)17)8(9,10)11/h3-4H2,1-2H3/t6-,7-/m0/s1. The zero-order valence-corrected chi connectivity index (χ0v) is 9.52. The number of hydrogen-bond donors (Lipinski definition) is 0. The van der Waals surface area contributed by atoms with Crippen LogP contribution in [0.4, 0.5) is 13.2 Å². The van der Waals surface area contributed by atoms with Gasteiger partial charge in [0.1, 0.15) is 0 Å². The molecule has 1 aliphatic rings. The maximum Gasteiger partial charge on any atom is 0.421 e. The van der Waals surface area contributed by atoms with Crippen molar-refractivity contribution in [1.29, 1.82) is 0 Å². The maximum atomic E-state index is 12.9. The molecule has 0 N–H and O–H groups in total. The zero-order chi connectivity index (χ0) is 14.2. The highest BCUT2D eigenvalue weighted by atomic mass is 19.4. The predicted molar refractivity (Wildman–Crippen MR) is 50.5 cm³/mol. The van der Waals surface area contributed by atoms with Gasteiger partial charge in [-0.1, -0.05) is 0 Å². The van der Waals surface area contributed by atoms with Crippen LogP contribution in [-0.2, 0) is 9.53 Å². The maximum absolute atomic E-state index is 12.9. The van der Waals surface area contributed by atoms with E-state index in [1.807, 2.05) is 0 Å².